The van der Waals surface area contributed by atoms with Gasteiger partial charge in [-0.1, -0.05) is 6.42 Å². The fourth-order valence-corrected chi connectivity index (χ4v) is 4.56. The molecule has 3 nitrogen and oxygen atoms in total. The van der Waals surface area contributed by atoms with Crippen molar-refractivity contribution >= 4 is 16.8 Å². The molecule has 1 heterocycles. The van der Waals surface area contributed by atoms with Crippen LogP contribution in [0.25, 0.3) is 10.9 Å². The van der Waals surface area contributed by atoms with Gasteiger partial charge in [0.1, 0.15) is 5.82 Å². The average molecular weight is 354 g/mol. The summed E-state index contributed by atoms with van der Waals surface area (Å²) in [5.41, 5.74) is 2.09. The van der Waals surface area contributed by atoms with Gasteiger partial charge in [-0.2, -0.15) is 0 Å². The van der Waals surface area contributed by atoms with Crippen molar-refractivity contribution in [2.45, 2.75) is 63.8 Å². The minimum absolute atomic E-state index is 0.201. The van der Waals surface area contributed by atoms with Crippen LogP contribution >= 0.6 is 0 Å². The Morgan fingerprint density at radius 2 is 1.92 bits per heavy atom. The van der Waals surface area contributed by atoms with E-state index in [4.69, 9.17) is 0 Å². The number of hydrogen-bond donors (Lipinski definition) is 1. The maximum atomic E-state index is 13.7. The van der Waals surface area contributed by atoms with Crippen molar-refractivity contribution in [2.24, 2.45) is 11.8 Å². The normalized spacial score (nSPS) is 24.8. The van der Waals surface area contributed by atoms with Crippen LogP contribution in [0.4, 0.5) is 4.39 Å². The van der Waals surface area contributed by atoms with Gasteiger partial charge in [-0.15, -0.1) is 0 Å². The number of carbonyl (C=O) groups excluding carboxylic acids is 1. The van der Waals surface area contributed by atoms with Gasteiger partial charge in [0.2, 0.25) is 5.91 Å². The first-order valence-corrected chi connectivity index (χ1v) is 9.96. The van der Waals surface area contributed by atoms with E-state index in [0.717, 1.165) is 49.4 Å². The van der Waals surface area contributed by atoms with Gasteiger partial charge in [0.25, 0.3) is 0 Å². The van der Waals surface area contributed by atoms with Crippen molar-refractivity contribution in [1.82, 2.24) is 10.3 Å². The van der Waals surface area contributed by atoms with E-state index in [1.165, 1.54) is 18.1 Å². The molecule has 2 aliphatic carbocycles. The van der Waals surface area contributed by atoms with E-state index in [2.05, 4.69) is 23.3 Å². The summed E-state index contributed by atoms with van der Waals surface area (Å²) in [5.74, 6) is 1.30. The van der Waals surface area contributed by atoms with Crippen LogP contribution in [0.15, 0.2) is 30.5 Å². The number of halogens is 1. The SMILES string of the molecule is C[C@@H](NC(=O)C1CCC1)C1CCC(c2ccnc3ccc(F)cc23)CC1. The lowest BCUT2D eigenvalue weighted by Crippen LogP contribution is -2.43. The number of rotatable bonds is 4. The Morgan fingerprint density at radius 3 is 2.62 bits per heavy atom. The first kappa shape index (κ1) is 17.4. The lowest BCUT2D eigenvalue weighted by molar-refractivity contribution is -0.128. The van der Waals surface area contributed by atoms with Crippen LogP contribution in [0.3, 0.4) is 0 Å². The number of nitrogens with zero attached hydrogens (tertiary/aromatic N) is 1. The van der Waals surface area contributed by atoms with Crippen LogP contribution in [0, 0.1) is 17.7 Å². The van der Waals surface area contributed by atoms with E-state index in [-0.39, 0.29) is 23.7 Å². The molecule has 1 aromatic heterocycles. The van der Waals surface area contributed by atoms with Crippen LogP contribution in [-0.2, 0) is 4.79 Å². The third-order valence-electron chi connectivity index (χ3n) is 6.50. The second-order valence-corrected chi connectivity index (χ2v) is 8.10. The number of fused-ring (bicyclic) bond motifs is 1. The fourth-order valence-electron chi connectivity index (χ4n) is 4.56. The number of amides is 1. The summed E-state index contributed by atoms with van der Waals surface area (Å²) in [6.07, 6.45) is 9.52. The summed E-state index contributed by atoms with van der Waals surface area (Å²) in [6.45, 7) is 2.15. The zero-order valence-electron chi connectivity index (χ0n) is 15.4. The molecule has 1 N–H and O–H groups in total. The highest BCUT2D eigenvalue weighted by molar-refractivity contribution is 5.82. The minimum Gasteiger partial charge on any atom is -0.353 e. The van der Waals surface area contributed by atoms with Crippen molar-refractivity contribution in [3.8, 4) is 0 Å². The summed E-state index contributed by atoms with van der Waals surface area (Å²) in [4.78, 5) is 16.6. The topological polar surface area (TPSA) is 42.0 Å². The highest BCUT2D eigenvalue weighted by Crippen LogP contribution is 2.39. The molecule has 0 spiro atoms. The number of hydrogen-bond acceptors (Lipinski definition) is 2. The van der Waals surface area contributed by atoms with Gasteiger partial charge in [-0.3, -0.25) is 9.78 Å². The molecule has 0 aliphatic heterocycles. The zero-order chi connectivity index (χ0) is 18.1. The Kier molecular flexibility index (Phi) is 4.92. The molecule has 26 heavy (non-hydrogen) atoms. The van der Waals surface area contributed by atoms with Crippen LogP contribution in [0.2, 0.25) is 0 Å². The molecule has 0 saturated heterocycles. The van der Waals surface area contributed by atoms with Gasteiger partial charge in [0.05, 0.1) is 5.52 Å². The molecule has 138 valence electrons. The van der Waals surface area contributed by atoms with Gasteiger partial charge in [-0.25, -0.2) is 4.39 Å². The van der Waals surface area contributed by atoms with Crippen molar-refractivity contribution in [1.29, 1.82) is 0 Å². The molecule has 1 amide bonds. The van der Waals surface area contributed by atoms with Gasteiger partial charge >= 0.3 is 0 Å². The van der Waals surface area contributed by atoms with Crippen molar-refractivity contribution in [3.05, 3.63) is 41.8 Å². The first-order valence-electron chi connectivity index (χ1n) is 9.96. The molecule has 4 heteroatoms. The molecule has 2 saturated carbocycles. The Hall–Kier alpha value is -1.97. The van der Waals surface area contributed by atoms with Crippen molar-refractivity contribution < 1.29 is 9.18 Å². The Labute approximate surface area is 154 Å². The quantitative estimate of drug-likeness (QED) is 0.844. The lowest BCUT2D eigenvalue weighted by atomic mass is 9.75. The lowest BCUT2D eigenvalue weighted by Gasteiger charge is -2.34. The number of pyridine rings is 1. The van der Waals surface area contributed by atoms with E-state index in [1.807, 2.05) is 6.20 Å². The zero-order valence-corrected chi connectivity index (χ0v) is 15.4. The summed E-state index contributed by atoms with van der Waals surface area (Å²) in [6, 6.07) is 7.15. The maximum Gasteiger partial charge on any atom is 0.223 e. The van der Waals surface area contributed by atoms with Crippen molar-refractivity contribution in [2.75, 3.05) is 0 Å². The van der Waals surface area contributed by atoms with Gasteiger partial charge in [0.15, 0.2) is 0 Å². The van der Waals surface area contributed by atoms with Crippen LogP contribution in [0.5, 0.6) is 0 Å². The van der Waals surface area contributed by atoms with Gasteiger partial charge in [0, 0.05) is 23.5 Å². The van der Waals surface area contributed by atoms with Gasteiger partial charge in [-0.05, 0) is 87.1 Å². The minimum atomic E-state index is -0.201. The van der Waals surface area contributed by atoms with E-state index < -0.39 is 0 Å². The molecule has 2 fully saturated rings. The Bertz CT molecular complexity index is 794. The molecule has 0 radical (unpaired) electrons. The third-order valence-corrected chi connectivity index (χ3v) is 6.50. The van der Waals surface area contributed by atoms with E-state index in [1.54, 1.807) is 12.1 Å². The highest BCUT2D eigenvalue weighted by atomic mass is 19.1. The molecular formula is C22H27FN2O. The number of benzene rings is 1. The number of aromatic nitrogens is 1. The van der Waals surface area contributed by atoms with Crippen LogP contribution < -0.4 is 5.32 Å². The molecule has 2 aromatic rings. The number of nitrogens with one attached hydrogen (secondary N) is 1. The molecule has 0 unspecified atom stereocenters. The predicted octanol–water partition coefficient (Wildman–Crippen LogP) is 4.95. The van der Waals surface area contributed by atoms with E-state index in [9.17, 15) is 9.18 Å². The largest absolute Gasteiger partial charge is 0.353 e. The molecule has 1 atom stereocenters. The summed E-state index contributed by atoms with van der Waals surface area (Å²) < 4.78 is 13.7. The Morgan fingerprint density at radius 1 is 1.15 bits per heavy atom. The molecule has 2 aliphatic rings. The van der Waals surface area contributed by atoms with Crippen molar-refractivity contribution in [3.63, 3.8) is 0 Å². The van der Waals surface area contributed by atoms with E-state index in [0.29, 0.717) is 11.8 Å². The maximum absolute atomic E-state index is 13.7. The Balaban J connectivity index is 1.40. The second kappa shape index (κ2) is 7.34. The average Bonchev–Trinajstić information content (AvgIpc) is 2.59. The van der Waals surface area contributed by atoms with Crippen LogP contribution in [-0.4, -0.2) is 16.9 Å². The predicted molar refractivity (Wildman–Crippen MR) is 101 cm³/mol. The summed E-state index contributed by atoms with van der Waals surface area (Å²) in [7, 11) is 0. The molecule has 4 rings (SSSR count). The number of carbonyl (C=O) groups is 1. The third kappa shape index (κ3) is 3.46. The summed E-state index contributed by atoms with van der Waals surface area (Å²) >= 11 is 0. The van der Waals surface area contributed by atoms with Gasteiger partial charge < -0.3 is 5.32 Å². The summed E-state index contributed by atoms with van der Waals surface area (Å²) in [5, 5.41) is 4.19. The first-order chi connectivity index (χ1) is 12.6. The van der Waals surface area contributed by atoms with Crippen LogP contribution in [0.1, 0.15) is 63.4 Å². The molecular weight excluding hydrogens is 327 g/mol. The molecule has 0 bridgehead atoms. The molecule has 1 aromatic carbocycles. The smallest absolute Gasteiger partial charge is 0.223 e. The second-order valence-electron chi connectivity index (χ2n) is 8.10. The monoisotopic (exact) mass is 354 g/mol. The fraction of sp³-hybridized carbons (Fsp3) is 0.545. The highest BCUT2D eigenvalue weighted by Gasteiger charge is 2.30. The van der Waals surface area contributed by atoms with E-state index >= 15 is 0 Å². The standard InChI is InChI=1S/C22H27FN2O/c1-14(25-22(26)17-3-2-4-17)15-5-7-16(8-6-15)19-11-12-24-21-10-9-18(23)13-20(19)21/h9-17H,2-8H2,1H3,(H,25,26)/t14-,15?,16?/m1/s1.